The van der Waals surface area contributed by atoms with E-state index in [1.54, 1.807) is 36.4 Å². The molecule has 0 saturated carbocycles. The SMILES string of the molecule is CCCCCCCOc1ccc(-c2nc(-c3ccc(C[C@H](NC(=O)c4ccc(C(C)(C)C)cc4)C(=O)NS(C)(=O)=O)cc3)no2)cc1. The molecule has 4 rings (SSSR count). The Labute approximate surface area is 277 Å². The van der Waals surface area contributed by atoms with E-state index in [0.29, 0.717) is 35.0 Å². The summed E-state index contributed by atoms with van der Waals surface area (Å²) in [5.74, 6) is 0.223. The highest BCUT2D eigenvalue weighted by Gasteiger charge is 2.25. The first-order chi connectivity index (χ1) is 22.3. The smallest absolute Gasteiger partial charge is 0.258 e. The van der Waals surface area contributed by atoms with Crippen LogP contribution in [0.4, 0.5) is 0 Å². The summed E-state index contributed by atoms with van der Waals surface area (Å²) >= 11 is 0. The molecule has 10 nitrogen and oxygen atoms in total. The maximum absolute atomic E-state index is 13.1. The highest BCUT2D eigenvalue weighted by Crippen LogP contribution is 2.25. The Balaban J connectivity index is 1.40. The van der Waals surface area contributed by atoms with Gasteiger partial charge >= 0.3 is 0 Å². The molecule has 3 aromatic carbocycles. The first kappa shape index (κ1) is 35.3. The van der Waals surface area contributed by atoms with Crippen LogP contribution in [0.25, 0.3) is 22.8 Å². The van der Waals surface area contributed by atoms with Crippen molar-refractivity contribution >= 4 is 21.8 Å². The van der Waals surface area contributed by atoms with Gasteiger partial charge in [-0.25, -0.2) is 8.42 Å². The third-order valence-corrected chi connectivity index (χ3v) is 8.19. The molecular formula is C36H44N4O6S. The second kappa shape index (κ2) is 15.9. The molecule has 1 aromatic heterocycles. The lowest BCUT2D eigenvalue weighted by Gasteiger charge is -2.20. The lowest BCUT2D eigenvalue weighted by atomic mass is 9.86. The highest BCUT2D eigenvalue weighted by molar-refractivity contribution is 7.89. The minimum absolute atomic E-state index is 0.0537. The number of amides is 2. The first-order valence-corrected chi connectivity index (χ1v) is 17.8. The van der Waals surface area contributed by atoms with Crippen LogP contribution < -0.4 is 14.8 Å². The van der Waals surface area contributed by atoms with Gasteiger partial charge in [0.05, 0.1) is 12.9 Å². The van der Waals surface area contributed by atoms with Gasteiger partial charge in [-0.15, -0.1) is 0 Å². The van der Waals surface area contributed by atoms with Crippen LogP contribution in [0.15, 0.2) is 77.3 Å². The average molecular weight is 661 g/mol. The van der Waals surface area contributed by atoms with Crippen molar-refractivity contribution in [1.29, 1.82) is 0 Å². The number of hydrogen-bond donors (Lipinski definition) is 2. The number of carbonyl (C=O) groups excluding carboxylic acids is 2. The van der Waals surface area contributed by atoms with E-state index in [4.69, 9.17) is 9.26 Å². The third kappa shape index (κ3) is 10.8. The summed E-state index contributed by atoms with van der Waals surface area (Å²) in [7, 11) is -3.84. The largest absolute Gasteiger partial charge is 0.494 e. The normalized spacial score (nSPS) is 12.4. The summed E-state index contributed by atoms with van der Waals surface area (Å²) < 4.78 is 37.0. The summed E-state index contributed by atoms with van der Waals surface area (Å²) in [6.07, 6.45) is 6.85. The van der Waals surface area contributed by atoms with Crippen LogP contribution in [0.5, 0.6) is 5.75 Å². The predicted octanol–water partition coefficient (Wildman–Crippen LogP) is 6.47. The number of nitrogens with one attached hydrogen (secondary N) is 2. The van der Waals surface area contributed by atoms with E-state index in [9.17, 15) is 18.0 Å². The van der Waals surface area contributed by atoms with Gasteiger partial charge in [-0.1, -0.05) is 94.9 Å². The summed E-state index contributed by atoms with van der Waals surface area (Å²) in [5.41, 5.74) is 3.47. The summed E-state index contributed by atoms with van der Waals surface area (Å²) in [6.45, 7) is 9.10. The van der Waals surface area contributed by atoms with Gasteiger partial charge < -0.3 is 14.6 Å². The van der Waals surface area contributed by atoms with Gasteiger partial charge in [-0.3, -0.25) is 14.3 Å². The van der Waals surface area contributed by atoms with Gasteiger partial charge in [0, 0.05) is 23.1 Å². The van der Waals surface area contributed by atoms with Gasteiger partial charge in [0.25, 0.3) is 17.7 Å². The molecule has 0 radical (unpaired) electrons. The van der Waals surface area contributed by atoms with Crippen LogP contribution >= 0.6 is 0 Å². The van der Waals surface area contributed by atoms with Crippen LogP contribution in [-0.2, 0) is 26.7 Å². The molecule has 1 heterocycles. The maximum atomic E-state index is 13.1. The van der Waals surface area contributed by atoms with Crippen molar-refractivity contribution in [3.8, 4) is 28.6 Å². The lowest BCUT2D eigenvalue weighted by molar-refractivity contribution is -0.121. The van der Waals surface area contributed by atoms with Crippen molar-refractivity contribution in [2.45, 2.75) is 77.7 Å². The molecule has 0 aliphatic heterocycles. The van der Waals surface area contributed by atoms with Gasteiger partial charge in [0.15, 0.2) is 0 Å². The molecule has 0 aliphatic carbocycles. The fourth-order valence-electron chi connectivity index (χ4n) is 4.90. The van der Waals surface area contributed by atoms with Crippen molar-refractivity contribution in [1.82, 2.24) is 20.2 Å². The Kier molecular flexibility index (Phi) is 11.9. The van der Waals surface area contributed by atoms with E-state index in [1.807, 2.05) is 41.1 Å². The van der Waals surface area contributed by atoms with Crippen molar-refractivity contribution in [3.63, 3.8) is 0 Å². The molecule has 250 valence electrons. The molecule has 0 saturated heterocycles. The number of rotatable bonds is 15. The number of sulfonamides is 1. The fourth-order valence-corrected chi connectivity index (χ4v) is 5.41. The van der Waals surface area contributed by atoms with E-state index < -0.39 is 27.9 Å². The van der Waals surface area contributed by atoms with E-state index >= 15 is 0 Å². The second-order valence-electron chi connectivity index (χ2n) is 12.7. The first-order valence-electron chi connectivity index (χ1n) is 15.9. The van der Waals surface area contributed by atoms with Crippen LogP contribution in [0.2, 0.25) is 0 Å². The molecular weight excluding hydrogens is 616 g/mol. The van der Waals surface area contributed by atoms with Crippen LogP contribution in [0, 0.1) is 0 Å². The van der Waals surface area contributed by atoms with E-state index in [1.165, 1.54) is 25.7 Å². The monoisotopic (exact) mass is 660 g/mol. The molecule has 0 bridgehead atoms. The molecule has 47 heavy (non-hydrogen) atoms. The zero-order chi connectivity index (χ0) is 34.0. The van der Waals surface area contributed by atoms with Crippen LogP contribution in [0.1, 0.15) is 81.3 Å². The molecule has 2 amide bonds. The van der Waals surface area contributed by atoms with E-state index in [0.717, 1.165) is 29.6 Å². The number of ether oxygens (including phenoxy) is 1. The third-order valence-electron chi connectivity index (χ3n) is 7.62. The lowest BCUT2D eigenvalue weighted by Crippen LogP contribution is -2.49. The molecule has 11 heteroatoms. The van der Waals surface area contributed by atoms with Crippen LogP contribution in [0.3, 0.4) is 0 Å². The second-order valence-corrected chi connectivity index (χ2v) is 14.5. The molecule has 0 aliphatic rings. The summed E-state index contributed by atoms with van der Waals surface area (Å²) in [5, 5.41) is 6.81. The highest BCUT2D eigenvalue weighted by atomic mass is 32.2. The Morgan fingerprint density at radius 3 is 2.13 bits per heavy atom. The number of nitrogens with zero attached hydrogens (tertiary/aromatic N) is 2. The Bertz CT molecular complexity index is 1730. The molecule has 0 fully saturated rings. The van der Waals surface area contributed by atoms with Crippen molar-refractivity contribution in [2.24, 2.45) is 0 Å². The van der Waals surface area contributed by atoms with Crippen molar-refractivity contribution in [2.75, 3.05) is 12.9 Å². The molecule has 0 unspecified atom stereocenters. The number of benzene rings is 3. The standard InChI is InChI=1S/C36H44N4O6S/c1-6-7-8-9-10-23-45-30-21-17-28(18-22-30)35-38-32(39-46-35)26-13-11-25(12-14-26)24-31(34(42)40-47(5,43)44)37-33(41)27-15-19-29(20-16-27)36(2,3)4/h11-22,31H,6-10,23-24H2,1-5H3,(H,37,41)(H,40,42)/t31-/m0/s1. The van der Waals surface area contributed by atoms with Gasteiger partial charge in [-0.2, -0.15) is 4.98 Å². The van der Waals surface area contributed by atoms with Gasteiger partial charge in [-0.05, 0) is 59.4 Å². The predicted molar refractivity (Wildman–Crippen MR) is 183 cm³/mol. The van der Waals surface area contributed by atoms with Gasteiger partial charge in [0.1, 0.15) is 11.8 Å². The molecule has 1 atom stereocenters. The summed E-state index contributed by atoms with van der Waals surface area (Å²) in [6, 6.07) is 20.6. The number of unbranched alkanes of at least 4 members (excludes halogenated alkanes) is 4. The van der Waals surface area contributed by atoms with Gasteiger partial charge in [0.2, 0.25) is 15.8 Å². The number of carbonyl (C=O) groups is 2. The zero-order valence-corrected chi connectivity index (χ0v) is 28.5. The Morgan fingerprint density at radius 1 is 0.872 bits per heavy atom. The molecule has 4 aromatic rings. The number of aromatic nitrogens is 2. The number of hydrogen-bond acceptors (Lipinski definition) is 8. The molecule has 2 N–H and O–H groups in total. The summed E-state index contributed by atoms with van der Waals surface area (Å²) in [4.78, 5) is 30.5. The molecule has 0 spiro atoms. The van der Waals surface area contributed by atoms with Crippen LogP contribution in [-0.4, -0.2) is 49.3 Å². The van der Waals surface area contributed by atoms with Crippen molar-refractivity contribution < 1.29 is 27.3 Å². The van der Waals surface area contributed by atoms with E-state index in [2.05, 4.69) is 43.2 Å². The Morgan fingerprint density at radius 2 is 1.51 bits per heavy atom. The zero-order valence-electron chi connectivity index (χ0n) is 27.7. The fraction of sp³-hybridized carbons (Fsp3) is 0.389. The minimum atomic E-state index is -3.84. The quantitative estimate of drug-likeness (QED) is 0.138. The van der Waals surface area contributed by atoms with Crippen molar-refractivity contribution in [3.05, 3.63) is 89.5 Å². The topological polar surface area (TPSA) is 140 Å². The Hall–Kier alpha value is -4.51. The maximum Gasteiger partial charge on any atom is 0.258 e. The average Bonchev–Trinajstić information content (AvgIpc) is 3.52. The minimum Gasteiger partial charge on any atom is -0.494 e. The van der Waals surface area contributed by atoms with E-state index in [-0.39, 0.29) is 11.8 Å².